The molecule has 1 aromatic heterocycles. The summed E-state index contributed by atoms with van der Waals surface area (Å²) in [6.07, 6.45) is 4.98. The SMILES string of the molecule is C1=C(c2ccccc2)/N=C(c2ccccc2)\N=C(\c2ccc3c(c2)oc2c(-c4ccc5c6ccccc6c6ccccc6c5c4)cccc23)CCC\1. The standard InChI is InChI=1S/C49H34N2O/c1-3-14-32(15-4-1)45-24-11-12-25-46(51-49(50-45)33-16-5-2-6-17-33)35-27-29-42-43-23-13-22-36(48(43)52-47(42)31-35)34-26-28-41-39-20-8-7-18-37(39)38-19-9-10-21-40(38)44(41)30-34/h1-10,13-24,26-31H,11-12,25H2/b45-24-,50-49-,51-46+. The van der Waals surface area contributed by atoms with Gasteiger partial charge in [0.2, 0.25) is 0 Å². The summed E-state index contributed by atoms with van der Waals surface area (Å²) < 4.78 is 6.81. The molecule has 3 nitrogen and oxygen atoms in total. The highest BCUT2D eigenvalue weighted by Crippen LogP contribution is 2.40. The number of benzene rings is 8. The molecule has 0 unspecified atom stereocenters. The molecule has 3 heteroatoms. The van der Waals surface area contributed by atoms with Crippen LogP contribution in [0.25, 0.3) is 71.1 Å². The summed E-state index contributed by atoms with van der Waals surface area (Å²) in [5.41, 5.74) is 9.12. The minimum atomic E-state index is 0.719. The lowest BCUT2D eigenvalue weighted by atomic mass is 9.92. The molecular formula is C49H34N2O. The lowest BCUT2D eigenvalue weighted by Crippen LogP contribution is -2.07. The third-order valence-electron chi connectivity index (χ3n) is 10.4. The van der Waals surface area contributed by atoms with Gasteiger partial charge in [0.15, 0.2) is 5.84 Å². The maximum atomic E-state index is 6.81. The van der Waals surface area contributed by atoms with Gasteiger partial charge in [0.25, 0.3) is 0 Å². The molecule has 0 N–H and O–H groups in total. The molecule has 0 atom stereocenters. The highest BCUT2D eigenvalue weighted by molar-refractivity contribution is 6.26. The van der Waals surface area contributed by atoms with E-state index in [1.165, 1.54) is 32.3 Å². The minimum absolute atomic E-state index is 0.719. The van der Waals surface area contributed by atoms with E-state index in [9.17, 15) is 0 Å². The zero-order valence-corrected chi connectivity index (χ0v) is 28.6. The molecular weight excluding hydrogens is 633 g/mol. The van der Waals surface area contributed by atoms with Gasteiger partial charge in [-0.05, 0) is 86.5 Å². The van der Waals surface area contributed by atoms with Crippen LogP contribution in [-0.4, -0.2) is 11.5 Å². The van der Waals surface area contributed by atoms with E-state index in [-0.39, 0.29) is 0 Å². The van der Waals surface area contributed by atoms with E-state index in [4.69, 9.17) is 14.4 Å². The molecule has 9 aromatic rings. The lowest BCUT2D eigenvalue weighted by Gasteiger charge is -2.12. The first kappa shape index (κ1) is 30.3. The van der Waals surface area contributed by atoms with Gasteiger partial charge in [0.1, 0.15) is 11.2 Å². The largest absolute Gasteiger partial charge is 0.455 e. The molecule has 0 saturated heterocycles. The molecule has 1 aliphatic heterocycles. The Morgan fingerprint density at radius 3 is 1.75 bits per heavy atom. The molecule has 246 valence electrons. The van der Waals surface area contributed by atoms with Crippen LogP contribution < -0.4 is 0 Å². The van der Waals surface area contributed by atoms with Gasteiger partial charge < -0.3 is 4.42 Å². The van der Waals surface area contributed by atoms with E-state index in [0.29, 0.717) is 0 Å². The van der Waals surface area contributed by atoms with Crippen LogP contribution in [0.4, 0.5) is 0 Å². The third kappa shape index (κ3) is 5.21. The number of hydrogen-bond acceptors (Lipinski definition) is 3. The first-order chi connectivity index (χ1) is 25.8. The van der Waals surface area contributed by atoms with Gasteiger partial charge in [-0.3, -0.25) is 0 Å². The predicted octanol–water partition coefficient (Wildman–Crippen LogP) is 13.2. The molecule has 0 fully saturated rings. The summed E-state index contributed by atoms with van der Waals surface area (Å²) in [4.78, 5) is 10.5. The summed E-state index contributed by atoms with van der Waals surface area (Å²) in [5, 5.41) is 9.83. The van der Waals surface area contributed by atoms with Gasteiger partial charge in [-0.2, -0.15) is 0 Å². The van der Waals surface area contributed by atoms with Crippen LogP contribution in [0.1, 0.15) is 36.0 Å². The molecule has 0 amide bonds. The smallest absolute Gasteiger partial charge is 0.160 e. The van der Waals surface area contributed by atoms with Crippen molar-refractivity contribution in [3.63, 3.8) is 0 Å². The van der Waals surface area contributed by atoms with Crippen molar-refractivity contribution in [2.75, 3.05) is 0 Å². The average Bonchev–Trinajstić information content (AvgIpc) is 3.64. The summed E-state index contributed by atoms with van der Waals surface area (Å²) in [6.45, 7) is 0. The molecule has 8 aromatic carbocycles. The lowest BCUT2D eigenvalue weighted by molar-refractivity contribution is 0.670. The van der Waals surface area contributed by atoms with Crippen LogP contribution in [0.15, 0.2) is 184 Å². The summed E-state index contributed by atoms with van der Waals surface area (Å²) in [7, 11) is 0. The molecule has 10 rings (SSSR count). The first-order valence-corrected chi connectivity index (χ1v) is 18.0. The molecule has 2 heterocycles. The van der Waals surface area contributed by atoms with Crippen LogP contribution in [0.3, 0.4) is 0 Å². The van der Waals surface area contributed by atoms with Crippen LogP contribution >= 0.6 is 0 Å². The maximum absolute atomic E-state index is 6.81. The molecule has 0 saturated carbocycles. The Kier molecular flexibility index (Phi) is 7.35. The van der Waals surface area contributed by atoms with Crippen molar-refractivity contribution in [3.8, 4) is 11.1 Å². The zero-order chi connectivity index (χ0) is 34.4. The summed E-state index contributed by atoms with van der Waals surface area (Å²) in [5.74, 6) is 0.719. The van der Waals surface area contributed by atoms with Crippen molar-refractivity contribution in [2.24, 2.45) is 9.98 Å². The van der Waals surface area contributed by atoms with E-state index in [1.54, 1.807) is 0 Å². The average molecular weight is 667 g/mol. The number of furan rings is 1. The van der Waals surface area contributed by atoms with Crippen molar-refractivity contribution in [1.82, 2.24) is 0 Å². The highest BCUT2D eigenvalue weighted by atomic mass is 16.3. The quantitative estimate of drug-likeness (QED) is 0.172. The number of aliphatic imine (C=N–C) groups is 2. The Morgan fingerprint density at radius 2 is 1.02 bits per heavy atom. The molecule has 0 bridgehead atoms. The Labute approximate surface area is 301 Å². The normalized spacial score (nSPS) is 16.9. The van der Waals surface area contributed by atoms with E-state index in [2.05, 4.69) is 146 Å². The molecule has 52 heavy (non-hydrogen) atoms. The monoisotopic (exact) mass is 666 g/mol. The minimum Gasteiger partial charge on any atom is -0.455 e. The van der Waals surface area contributed by atoms with Gasteiger partial charge in [-0.1, -0.05) is 152 Å². The Hall–Kier alpha value is -6.58. The fourth-order valence-electron chi connectivity index (χ4n) is 7.87. The van der Waals surface area contributed by atoms with Crippen LogP contribution in [0.5, 0.6) is 0 Å². The summed E-state index contributed by atoms with van der Waals surface area (Å²) in [6, 6.07) is 58.1. The van der Waals surface area contributed by atoms with E-state index in [1.807, 2.05) is 24.3 Å². The molecule has 0 spiro atoms. The Balaban J connectivity index is 1.10. The van der Waals surface area contributed by atoms with E-state index >= 15 is 0 Å². The number of hydrogen-bond donors (Lipinski definition) is 0. The molecule has 0 radical (unpaired) electrons. The van der Waals surface area contributed by atoms with Gasteiger partial charge in [0, 0.05) is 21.9 Å². The van der Waals surface area contributed by atoms with Crippen molar-refractivity contribution in [1.29, 1.82) is 0 Å². The first-order valence-electron chi connectivity index (χ1n) is 18.0. The highest BCUT2D eigenvalue weighted by Gasteiger charge is 2.17. The van der Waals surface area contributed by atoms with Gasteiger partial charge in [0.05, 0.1) is 11.4 Å². The van der Waals surface area contributed by atoms with Crippen molar-refractivity contribution in [3.05, 3.63) is 187 Å². The van der Waals surface area contributed by atoms with E-state index < -0.39 is 0 Å². The van der Waals surface area contributed by atoms with Gasteiger partial charge in [-0.25, -0.2) is 9.98 Å². The maximum Gasteiger partial charge on any atom is 0.160 e. The third-order valence-corrected chi connectivity index (χ3v) is 10.4. The predicted molar refractivity (Wildman–Crippen MR) is 219 cm³/mol. The van der Waals surface area contributed by atoms with E-state index in [0.717, 1.165) is 86.3 Å². The van der Waals surface area contributed by atoms with Crippen molar-refractivity contribution >= 4 is 71.5 Å². The number of amidine groups is 1. The topological polar surface area (TPSA) is 37.9 Å². The van der Waals surface area contributed by atoms with Crippen LogP contribution in [0, 0.1) is 0 Å². The second-order valence-electron chi connectivity index (χ2n) is 13.6. The second-order valence-corrected chi connectivity index (χ2v) is 13.6. The fraction of sp³-hybridized carbons (Fsp3) is 0.0612. The van der Waals surface area contributed by atoms with Crippen molar-refractivity contribution in [2.45, 2.75) is 19.3 Å². The van der Waals surface area contributed by atoms with Gasteiger partial charge in [-0.15, -0.1) is 0 Å². The molecule has 1 aliphatic rings. The molecule has 0 aliphatic carbocycles. The zero-order valence-electron chi connectivity index (χ0n) is 28.6. The summed E-state index contributed by atoms with van der Waals surface area (Å²) >= 11 is 0. The fourth-order valence-corrected chi connectivity index (χ4v) is 7.87. The number of rotatable bonds is 4. The number of nitrogens with zero attached hydrogens (tertiary/aromatic N) is 2. The van der Waals surface area contributed by atoms with Crippen LogP contribution in [0.2, 0.25) is 0 Å². The Morgan fingerprint density at radius 1 is 0.423 bits per heavy atom. The van der Waals surface area contributed by atoms with Gasteiger partial charge >= 0.3 is 0 Å². The van der Waals surface area contributed by atoms with Crippen LogP contribution in [-0.2, 0) is 0 Å². The number of allylic oxidation sites excluding steroid dienone is 1. The van der Waals surface area contributed by atoms with Crippen molar-refractivity contribution < 1.29 is 4.42 Å². The number of fused-ring (bicyclic) bond motifs is 9. The second kappa shape index (κ2) is 12.6. The Bertz CT molecular complexity index is 2880. The number of para-hydroxylation sites is 1.